The molecule has 0 radical (unpaired) electrons. The lowest BCUT2D eigenvalue weighted by Crippen LogP contribution is -2.50. The van der Waals surface area contributed by atoms with Gasteiger partial charge in [0.2, 0.25) is 0 Å². The number of piperidine rings is 1. The van der Waals surface area contributed by atoms with Crippen LogP contribution in [0.5, 0.6) is 0 Å². The van der Waals surface area contributed by atoms with E-state index in [0.29, 0.717) is 21.6 Å². The molecule has 0 aromatic carbocycles. The van der Waals surface area contributed by atoms with E-state index in [1.807, 2.05) is 6.92 Å². The van der Waals surface area contributed by atoms with Gasteiger partial charge in [-0.1, -0.05) is 23.4 Å². The Labute approximate surface area is 202 Å². The third-order valence-electron chi connectivity index (χ3n) is 6.35. The van der Waals surface area contributed by atoms with Crippen LogP contribution in [0.15, 0.2) is 39.2 Å². The predicted octanol–water partition coefficient (Wildman–Crippen LogP) is 3.22. The summed E-state index contributed by atoms with van der Waals surface area (Å²) in [5, 5.41) is 11.1. The average molecular weight is 490 g/mol. The first-order chi connectivity index (χ1) is 15.8. The van der Waals surface area contributed by atoms with Crippen LogP contribution in [0.4, 0.5) is 11.6 Å². The maximum Gasteiger partial charge on any atom is 0.180 e. The van der Waals surface area contributed by atoms with Crippen LogP contribution in [-0.2, 0) is 13.0 Å². The second-order valence-corrected chi connectivity index (χ2v) is 9.84. The molecule has 176 valence electrons. The summed E-state index contributed by atoms with van der Waals surface area (Å²) in [7, 11) is 0. The monoisotopic (exact) mass is 489 g/mol. The zero-order chi connectivity index (χ0) is 23.6. The largest absolute Gasteiger partial charge is 0.449 e. The molecular formula is C22H28ClN7O2S. The summed E-state index contributed by atoms with van der Waals surface area (Å²) in [5.74, 6) is 1.82. The summed E-state index contributed by atoms with van der Waals surface area (Å²) in [6.45, 7) is 5.26. The van der Waals surface area contributed by atoms with Gasteiger partial charge in [0.25, 0.3) is 0 Å². The smallest absolute Gasteiger partial charge is 0.180 e. The van der Waals surface area contributed by atoms with E-state index < -0.39 is 0 Å². The van der Waals surface area contributed by atoms with Crippen LogP contribution in [-0.4, -0.2) is 44.2 Å². The summed E-state index contributed by atoms with van der Waals surface area (Å²) in [5.41, 5.74) is 13.5. The second-order valence-electron chi connectivity index (χ2n) is 8.44. The van der Waals surface area contributed by atoms with Gasteiger partial charge in [0.15, 0.2) is 12.2 Å². The molecule has 1 aliphatic heterocycles. The molecule has 11 heteroatoms. The quantitative estimate of drug-likeness (QED) is 0.453. The van der Waals surface area contributed by atoms with Gasteiger partial charge in [-0.15, -0.1) is 0 Å². The van der Waals surface area contributed by atoms with Crippen molar-refractivity contribution in [1.29, 1.82) is 0 Å². The van der Waals surface area contributed by atoms with E-state index in [9.17, 15) is 5.11 Å². The fourth-order valence-corrected chi connectivity index (χ4v) is 5.35. The van der Waals surface area contributed by atoms with E-state index in [4.69, 9.17) is 37.5 Å². The zero-order valence-corrected chi connectivity index (χ0v) is 20.2. The first-order valence-corrected chi connectivity index (χ1v) is 12.0. The summed E-state index contributed by atoms with van der Waals surface area (Å²) in [4.78, 5) is 20.5. The predicted molar refractivity (Wildman–Crippen MR) is 128 cm³/mol. The van der Waals surface area contributed by atoms with Crippen LogP contribution in [0, 0.1) is 12.3 Å². The number of aromatic nitrogens is 4. The Hall–Kier alpha value is -2.40. The molecule has 9 nitrogen and oxygen atoms in total. The number of halogens is 1. The van der Waals surface area contributed by atoms with Crippen LogP contribution in [0.2, 0.25) is 5.02 Å². The van der Waals surface area contributed by atoms with Crippen molar-refractivity contribution in [2.24, 2.45) is 11.1 Å². The van der Waals surface area contributed by atoms with E-state index in [1.54, 1.807) is 18.5 Å². The van der Waals surface area contributed by atoms with Gasteiger partial charge in [0, 0.05) is 36.6 Å². The fraction of sp³-hybridized carbons (Fsp3) is 0.455. The molecule has 5 N–H and O–H groups in total. The molecule has 3 aromatic rings. The lowest BCUT2D eigenvalue weighted by atomic mass is 9.70. The molecule has 4 rings (SSSR count). The maximum absolute atomic E-state index is 10.1. The number of anilines is 2. The number of nitrogens with two attached hydrogens (primary N) is 2. The van der Waals surface area contributed by atoms with E-state index in [1.165, 1.54) is 18.2 Å². The van der Waals surface area contributed by atoms with E-state index in [2.05, 4.69) is 21.8 Å². The van der Waals surface area contributed by atoms with Crippen molar-refractivity contribution in [1.82, 2.24) is 19.9 Å². The number of hydrogen-bond donors (Lipinski definition) is 3. The van der Waals surface area contributed by atoms with E-state index >= 15 is 0 Å². The summed E-state index contributed by atoms with van der Waals surface area (Å²) in [6, 6.07) is 1.79. The highest BCUT2D eigenvalue weighted by Gasteiger charge is 2.39. The molecule has 0 saturated carbocycles. The Balaban J connectivity index is 1.55. The summed E-state index contributed by atoms with van der Waals surface area (Å²) >= 11 is 7.65. The summed E-state index contributed by atoms with van der Waals surface area (Å²) in [6.07, 6.45) is 7.32. The number of nitrogen functional groups attached to an aromatic ring is 1. The first kappa shape index (κ1) is 23.7. The average Bonchev–Trinajstić information content (AvgIpc) is 3.31. The number of pyridine rings is 1. The Morgan fingerprint density at radius 2 is 2.09 bits per heavy atom. The van der Waals surface area contributed by atoms with Gasteiger partial charge >= 0.3 is 0 Å². The Morgan fingerprint density at radius 1 is 1.33 bits per heavy atom. The van der Waals surface area contributed by atoms with Gasteiger partial charge in [0.1, 0.15) is 22.3 Å². The number of oxazole rings is 1. The molecule has 33 heavy (non-hydrogen) atoms. The number of nitrogens with zero attached hydrogens (tertiary/aromatic N) is 5. The van der Waals surface area contributed by atoms with Gasteiger partial charge in [-0.25, -0.2) is 19.9 Å². The van der Waals surface area contributed by atoms with Crippen molar-refractivity contribution >= 4 is 35.0 Å². The fourth-order valence-electron chi connectivity index (χ4n) is 4.24. The molecule has 0 spiro atoms. The minimum Gasteiger partial charge on any atom is -0.449 e. The van der Waals surface area contributed by atoms with E-state index in [-0.39, 0.29) is 23.9 Å². The molecule has 0 aliphatic carbocycles. The molecule has 0 amide bonds. The van der Waals surface area contributed by atoms with Crippen LogP contribution >= 0.6 is 23.4 Å². The molecule has 1 saturated heterocycles. The minimum atomic E-state index is -0.213. The van der Waals surface area contributed by atoms with E-state index in [0.717, 1.165) is 48.7 Å². The van der Waals surface area contributed by atoms with Gasteiger partial charge < -0.3 is 25.9 Å². The van der Waals surface area contributed by atoms with Crippen molar-refractivity contribution in [3.63, 3.8) is 0 Å². The molecule has 1 fully saturated rings. The minimum absolute atomic E-state index is 0.00575. The SMILES string of the molecule is Cc1nc(N2CCC(Cc3cnco3)([C@H](C)N)CC2)c(CO)nc1Sc1ccnc(N)c1Cl. The number of aliphatic hydroxyl groups is 1. The highest BCUT2D eigenvalue weighted by Crippen LogP contribution is 2.40. The Bertz CT molecular complexity index is 1100. The molecule has 0 bridgehead atoms. The van der Waals surface area contributed by atoms with Gasteiger partial charge in [-0.2, -0.15) is 0 Å². The highest BCUT2D eigenvalue weighted by atomic mass is 35.5. The molecule has 1 atom stereocenters. The third kappa shape index (κ3) is 4.93. The Morgan fingerprint density at radius 3 is 2.73 bits per heavy atom. The van der Waals surface area contributed by atoms with Crippen molar-refractivity contribution in [3.05, 3.63) is 47.0 Å². The number of rotatable bonds is 7. The molecule has 1 aliphatic rings. The van der Waals surface area contributed by atoms with Gasteiger partial charge in [-0.3, -0.25) is 0 Å². The number of aliphatic hydroxyl groups excluding tert-OH is 1. The standard InChI is InChI=1S/C22H28ClN7O2S/c1-13-21(33-17-3-6-27-19(25)18(17)23)29-16(11-31)20(28-13)30-7-4-22(5-8-30,14(2)24)9-15-10-26-12-32-15/h3,6,10,12,14,31H,4-5,7-9,11,24H2,1-2H3,(H2,25,27)/t14-/m0/s1. The maximum atomic E-state index is 10.1. The second kappa shape index (κ2) is 9.84. The summed E-state index contributed by atoms with van der Waals surface area (Å²) < 4.78 is 5.49. The topological polar surface area (TPSA) is 140 Å². The third-order valence-corrected chi connectivity index (χ3v) is 8.00. The first-order valence-electron chi connectivity index (χ1n) is 10.8. The number of hydrogen-bond acceptors (Lipinski definition) is 10. The van der Waals surface area contributed by atoms with Crippen LogP contribution in [0.1, 0.15) is 36.9 Å². The van der Waals surface area contributed by atoms with Crippen molar-refractivity contribution in [2.45, 2.75) is 55.7 Å². The van der Waals surface area contributed by atoms with Crippen molar-refractivity contribution in [3.8, 4) is 0 Å². The lowest BCUT2D eigenvalue weighted by molar-refractivity contribution is 0.164. The molecule has 4 heterocycles. The van der Waals surface area contributed by atoms with Crippen LogP contribution in [0.3, 0.4) is 0 Å². The normalized spacial score (nSPS) is 16.7. The Kier molecular flexibility index (Phi) is 7.08. The van der Waals surface area contributed by atoms with Gasteiger partial charge in [-0.05, 0) is 38.2 Å². The van der Waals surface area contributed by atoms with Crippen molar-refractivity contribution in [2.75, 3.05) is 23.7 Å². The lowest BCUT2D eigenvalue weighted by Gasteiger charge is -2.44. The van der Waals surface area contributed by atoms with Crippen LogP contribution in [0.25, 0.3) is 0 Å². The van der Waals surface area contributed by atoms with Crippen molar-refractivity contribution < 1.29 is 9.52 Å². The van der Waals surface area contributed by atoms with Gasteiger partial charge in [0.05, 0.1) is 23.5 Å². The zero-order valence-electron chi connectivity index (χ0n) is 18.7. The molecule has 3 aromatic heterocycles. The molecule has 0 unspecified atom stereocenters. The van der Waals surface area contributed by atoms with Crippen LogP contribution < -0.4 is 16.4 Å². The molecular weight excluding hydrogens is 462 g/mol. The highest BCUT2D eigenvalue weighted by molar-refractivity contribution is 7.99. The number of aryl methyl sites for hydroxylation is 1.